The van der Waals surface area contributed by atoms with Crippen molar-refractivity contribution in [2.24, 2.45) is 0 Å². The van der Waals surface area contributed by atoms with Crippen LogP contribution in [0.3, 0.4) is 0 Å². The first-order chi connectivity index (χ1) is 17.0. The highest BCUT2D eigenvalue weighted by molar-refractivity contribution is 6.15. The van der Waals surface area contributed by atoms with E-state index in [2.05, 4.69) is 15.3 Å². The van der Waals surface area contributed by atoms with Crippen molar-refractivity contribution in [1.29, 1.82) is 0 Å². The molecule has 35 heavy (non-hydrogen) atoms. The van der Waals surface area contributed by atoms with Crippen molar-refractivity contribution in [3.63, 3.8) is 0 Å². The van der Waals surface area contributed by atoms with E-state index in [-0.39, 0.29) is 17.9 Å². The standard InChI is InChI=1S/C26H26N4O5/c31-22(30-20-11-4-3-10-19(20)28-25(34)26(30)14-5-6-15-26)16-35-23(32)13-7-12-21-27-18-9-2-1-8-17(18)24(33)29-21/h1-4,8-11H,5-7,12-16H2,(H,28,34)(H,27,29,33). The number of carbonyl (C=O) groups is 3. The highest BCUT2D eigenvalue weighted by Gasteiger charge is 2.52. The number of aromatic amines is 1. The van der Waals surface area contributed by atoms with Crippen LogP contribution >= 0.6 is 0 Å². The van der Waals surface area contributed by atoms with Crippen molar-refractivity contribution in [1.82, 2.24) is 9.97 Å². The molecule has 9 heteroatoms. The zero-order chi connectivity index (χ0) is 24.4. The van der Waals surface area contributed by atoms with Gasteiger partial charge in [-0.15, -0.1) is 0 Å². The molecule has 9 nitrogen and oxygen atoms in total. The number of rotatable bonds is 6. The number of amides is 2. The Morgan fingerprint density at radius 2 is 1.77 bits per heavy atom. The van der Waals surface area contributed by atoms with Gasteiger partial charge in [0.1, 0.15) is 11.4 Å². The molecular weight excluding hydrogens is 448 g/mol. The van der Waals surface area contributed by atoms with Gasteiger partial charge < -0.3 is 15.0 Å². The van der Waals surface area contributed by atoms with Gasteiger partial charge in [0.25, 0.3) is 17.4 Å². The summed E-state index contributed by atoms with van der Waals surface area (Å²) in [5.74, 6) is -0.623. The molecule has 1 aromatic heterocycles. The van der Waals surface area contributed by atoms with E-state index in [1.54, 1.807) is 36.4 Å². The minimum atomic E-state index is -0.939. The van der Waals surface area contributed by atoms with Gasteiger partial charge in [-0.25, -0.2) is 4.98 Å². The molecule has 2 aliphatic rings. The molecule has 3 aromatic rings. The van der Waals surface area contributed by atoms with Gasteiger partial charge in [-0.05, 0) is 43.5 Å². The van der Waals surface area contributed by atoms with Crippen molar-refractivity contribution >= 4 is 40.1 Å². The number of nitrogens with zero attached hydrogens (tertiary/aromatic N) is 2. The predicted molar refractivity (Wildman–Crippen MR) is 130 cm³/mol. The van der Waals surface area contributed by atoms with E-state index < -0.39 is 24.0 Å². The quantitative estimate of drug-likeness (QED) is 0.530. The molecule has 2 amide bonds. The van der Waals surface area contributed by atoms with E-state index in [1.807, 2.05) is 12.1 Å². The van der Waals surface area contributed by atoms with Gasteiger partial charge in [-0.1, -0.05) is 37.1 Å². The van der Waals surface area contributed by atoms with Gasteiger partial charge in [0, 0.05) is 12.8 Å². The van der Waals surface area contributed by atoms with Crippen LogP contribution in [0.15, 0.2) is 53.3 Å². The highest BCUT2D eigenvalue weighted by Crippen LogP contribution is 2.45. The largest absolute Gasteiger partial charge is 0.456 e. The minimum Gasteiger partial charge on any atom is -0.456 e. The number of benzene rings is 2. The van der Waals surface area contributed by atoms with E-state index in [0.717, 1.165) is 12.8 Å². The summed E-state index contributed by atoms with van der Waals surface area (Å²) in [6, 6.07) is 14.2. The number of carbonyl (C=O) groups excluding carboxylic acids is 3. The number of esters is 1. The summed E-state index contributed by atoms with van der Waals surface area (Å²) in [6.07, 6.45) is 3.73. The molecule has 0 saturated heterocycles. The Bertz CT molecular complexity index is 1360. The molecule has 1 aliphatic heterocycles. The van der Waals surface area contributed by atoms with Gasteiger partial charge in [0.2, 0.25) is 0 Å². The third-order valence-corrected chi connectivity index (χ3v) is 6.74. The highest BCUT2D eigenvalue weighted by atomic mass is 16.5. The molecule has 2 aromatic carbocycles. The number of aryl methyl sites for hydroxylation is 1. The summed E-state index contributed by atoms with van der Waals surface area (Å²) in [5.41, 5.74) is 0.649. The fraction of sp³-hybridized carbons (Fsp3) is 0.346. The fourth-order valence-electron chi connectivity index (χ4n) is 5.06. The average Bonchev–Trinajstić information content (AvgIpc) is 3.34. The van der Waals surface area contributed by atoms with Gasteiger partial charge in [0.05, 0.1) is 22.3 Å². The van der Waals surface area contributed by atoms with Gasteiger partial charge >= 0.3 is 5.97 Å². The van der Waals surface area contributed by atoms with Crippen LogP contribution in [0.2, 0.25) is 0 Å². The molecule has 1 spiro atoms. The first-order valence-electron chi connectivity index (χ1n) is 11.8. The molecule has 5 rings (SSSR count). The Hall–Kier alpha value is -4.01. The molecule has 180 valence electrons. The van der Waals surface area contributed by atoms with Crippen LogP contribution < -0.4 is 15.8 Å². The number of para-hydroxylation sites is 3. The lowest BCUT2D eigenvalue weighted by Crippen LogP contribution is -2.61. The maximum Gasteiger partial charge on any atom is 0.306 e. The van der Waals surface area contributed by atoms with Crippen LogP contribution in [-0.4, -0.2) is 39.9 Å². The maximum atomic E-state index is 13.2. The summed E-state index contributed by atoms with van der Waals surface area (Å²) >= 11 is 0. The summed E-state index contributed by atoms with van der Waals surface area (Å²) < 4.78 is 5.29. The second kappa shape index (κ2) is 9.32. The van der Waals surface area contributed by atoms with E-state index in [1.165, 1.54) is 4.90 Å². The summed E-state index contributed by atoms with van der Waals surface area (Å²) in [6.45, 7) is -0.437. The van der Waals surface area contributed by atoms with Crippen molar-refractivity contribution in [2.75, 3.05) is 16.8 Å². The Morgan fingerprint density at radius 3 is 2.60 bits per heavy atom. The average molecular weight is 475 g/mol. The molecule has 1 aliphatic carbocycles. The van der Waals surface area contributed by atoms with Crippen molar-refractivity contribution in [3.8, 4) is 0 Å². The lowest BCUT2D eigenvalue weighted by molar-refractivity contribution is -0.148. The second-order valence-electron chi connectivity index (χ2n) is 8.98. The minimum absolute atomic E-state index is 0.0754. The summed E-state index contributed by atoms with van der Waals surface area (Å²) in [5, 5.41) is 3.45. The van der Waals surface area contributed by atoms with Gasteiger partial charge in [-0.2, -0.15) is 0 Å². The molecule has 2 N–H and O–H groups in total. The zero-order valence-electron chi connectivity index (χ0n) is 19.2. The van der Waals surface area contributed by atoms with Crippen LogP contribution in [0.1, 0.15) is 44.3 Å². The Balaban J connectivity index is 1.21. The summed E-state index contributed by atoms with van der Waals surface area (Å²) in [4.78, 5) is 59.5. The van der Waals surface area contributed by atoms with Crippen LogP contribution in [0, 0.1) is 0 Å². The van der Waals surface area contributed by atoms with E-state index in [0.29, 0.717) is 53.8 Å². The topological polar surface area (TPSA) is 121 Å². The first-order valence-corrected chi connectivity index (χ1v) is 11.8. The number of nitrogens with one attached hydrogen (secondary N) is 2. The van der Waals surface area contributed by atoms with E-state index >= 15 is 0 Å². The Kier molecular flexibility index (Phi) is 6.07. The van der Waals surface area contributed by atoms with Crippen LogP contribution in [0.4, 0.5) is 11.4 Å². The predicted octanol–water partition coefficient (Wildman–Crippen LogP) is 3.09. The van der Waals surface area contributed by atoms with Crippen LogP contribution in [0.25, 0.3) is 10.9 Å². The van der Waals surface area contributed by atoms with Crippen molar-refractivity contribution in [3.05, 3.63) is 64.7 Å². The van der Waals surface area contributed by atoms with Crippen LogP contribution in [0.5, 0.6) is 0 Å². The molecule has 0 bridgehead atoms. The molecule has 0 atom stereocenters. The van der Waals surface area contributed by atoms with Crippen molar-refractivity contribution < 1.29 is 19.1 Å². The first kappa shape index (κ1) is 22.8. The number of aromatic nitrogens is 2. The smallest absolute Gasteiger partial charge is 0.306 e. The lowest BCUT2D eigenvalue weighted by atomic mass is 9.90. The second-order valence-corrected chi connectivity index (χ2v) is 8.98. The number of anilines is 2. The normalized spacial score (nSPS) is 16.2. The Morgan fingerprint density at radius 1 is 1.03 bits per heavy atom. The fourth-order valence-corrected chi connectivity index (χ4v) is 5.06. The maximum absolute atomic E-state index is 13.2. The summed E-state index contributed by atoms with van der Waals surface area (Å²) in [7, 11) is 0. The number of fused-ring (bicyclic) bond motifs is 2. The molecule has 0 radical (unpaired) electrons. The zero-order valence-corrected chi connectivity index (χ0v) is 19.2. The molecule has 1 fully saturated rings. The molecule has 2 heterocycles. The van der Waals surface area contributed by atoms with E-state index in [4.69, 9.17) is 4.74 Å². The number of H-pyrrole nitrogens is 1. The molecule has 1 saturated carbocycles. The monoisotopic (exact) mass is 474 g/mol. The number of hydrogen-bond donors (Lipinski definition) is 2. The van der Waals surface area contributed by atoms with E-state index in [9.17, 15) is 19.2 Å². The molecule has 0 unspecified atom stereocenters. The van der Waals surface area contributed by atoms with Gasteiger partial charge in [-0.3, -0.25) is 24.1 Å². The Labute approximate surface area is 201 Å². The molecular formula is C26H26N4O5. The third kappa shape index (κ3) is 4.29. The van der Waals surface area contributed by atoms with Crippen LogP contribution in [-0.2, 0) is 25.5 Å². The van der Waals surface area contributed by atoms with Gasteiger partial charge in [0.15, 0.2) is 6.61 Å². The van der Waals surface area contributed by atoms with Crippen molar-refractivity contribution in [2.45, 2.75) is 50.5 Å². The third-order valence-electron chi connectivity index (χ3n) is 6.74. The lowest BCUT2D eigenvalue weighted by Gasteiger charge is -2.44. The number of ether oxygens (including phenoxy) is 1. The SMILES string of the molecule is O=C(CCCc1nc2ccccc2c(=O)[nH]1)OCC(=O)N1c2ccccc2NC(=O)C12CCCC2. The number of hydrogen-bond acceptors (Lipinski definition) is 6.